The fourth-order valence-electron chi connectivity index (χ4n) is 2.83. The van der Waals surface area contributed by atoms with Crippen LogP contribution in [0.25, 0.3) is 0 Å². The third-order valence-electron chi connectivity index (χ3n) is 3.88. The van der Waals surface area contributed by atoms with E-state index < -0.39 is 50.2 Å². The maximum Gasteiger partial charge on any atom is 0.475 e. The van der Waals surface area contributed by atoms with Crippen LogP contribution >= 0.6 is 7.82 Å². The number of phosphoric acid groups is 1. The van der Waals surface area contributed by atoms with Crippen LogP contribution in [0.15, 0.2) is 12.3 Å². The zero-order chi connectivity index (χ0) is 18.4. The van der Waals surface area contributed by atoms with Crippen LogP contribution in [0.1, 0.15) is 13.8 Å². The number of fused-ring (bicyclic) bond motifs is 1. The van der Waals surface area contributed by atoms with Crippen LogP contribution in [0.5, 0.6) is 0 Å². The summed E-state index contributed by atoms with van der Waals surface area (Å²) < 4.78 is 33.9. The van der Waals surface area contributed by atoms with Gasteiger partial charge in [0.15, 0.2) is 11.8 Å². The smallest absolute Gasteiger partial charge is 0.371 e. The van der Waals surface area contributed by atoms with Gasteiger partial charge in [-0.2, -0.15) is 0 Å². The number of aliphatic hydroxyl groups excluding tert-OH is 1. The molecule has 0 aromatic heterocycles. The Morgan fingerprint density at radius 1 is 1.60 bits per heavy atom. The minimum Gasteiger partial charge on any atom is -0.371 e. The highest BCUT2D eigenvalue weighted by molar-refractivity contribution is 7.48. The lowest BCUT2D eigenvalue weighted by Gasteiger charge is -2.39. The molecule has 0 bridgehead atoms. The summed E-state index contributed by atoms with van der Waals surface area (Å²) in [6, 6.07) is 0. The van der Waals surface area contributed by atoms with E-state index in [1.165, 1.54) is 6.20 Å². The van der Waals surface area contributed by atoms with Crippen molar-refractivity contribution in [3.8, 4) is 12.3 Å². The summed E-state index contributed by atoms with van der Waals surface area (Å²) in [5.41, 5.74) is -2.07. The van der Waals surface area contributed by atoms with Crippen molar-refractivity contribution < 1.29 is 37.9 Å². The molecule has 1 unspecified atom stereocenters. The minimum atomic E-state index is -3.93. The maximum absolute atomic E-state index is 12.5. The van der Waals surface area contributed by atoms with Gasteiger partial charge in [-0.05, 0) is 13.8 Å². The number of nitrogens with zero attached hydrogens (tertiary/aromatic N) is 1. The molecule has 0 saturated carbocycles. The van der Waals surface area contributed by atoms with Crippen molar-refractivity contribution in [2.45, 2.75) is 50.3 Å². The number of rotatable bonds is 3. The average Bonchev–Trinajstić information content (AvgIpc) is 2.79. The highest BCUT2D eigenvalue weighted by atomic mass is 31.2. The number of phosphoric ester groups is 1. The van der Waals surface area contributed by atoms with Gasteiger partial charge in [-0.25, -0.2) is 4.57 Å². The zero-order valence-corrected chi connectivity index (χ0v) is 14.5. The molecule has 0 aromatic rings. The standard InChI is InChI=1S/C14H19N2O8P/c1-4-14(19)11-9(7-21-25(20,24-11)23-8(2)3)22-12(14)16-6-5-10(17)15-13(16)18/h1,5-6,8-9,11-13,18-19H,7H2,2-3H3,(H,15,17)/t9-,11-,12-,13?,14-,25-/m1/s1. The Morgan fingerprint density at radius 3 is 2.92 bits per heavy atom. The van der Waals surface area contributed by atoms with Gasteiger partial charge in [0.25, 0.3) is 0 Å². The van der Waals surface area contributed by atoms with E-state index in [2.05, 4.69) is 11.2 Å². The first-order chi connectivity index (χ1) is 11.7. The lowest BCUT2D eigenvalue weighted by atomic mass is 9.94. The first-order valence-electron chi connectivity index (χ1n) is 7.60. The summed E-state index contributed by atoms with van der Waals surface area (Å²) in [5.74, 6) is 1.67. The van der Waals surface area contributed by atoms with E-state index in [1.807, 2.05) is 0 Å². The molecule has 3 rings (SSSR count). The van der Waals surface area contributed by atoms with Crippen LogP contribution in [0.3, 0.4) is 0 Å². The van der Waals surface area contributed by atoms with E-state index in [0.717, 1.165) is 11.0 Å². The highest BCUT2D eigenvalue weighted by Crippen LogP contribution is 2.58. The topological polar surface area (TPSA) is 127 Å². The number of amides is 1. The van der Waals surface area contributed by atoms with E-state index >= 15 is 0 Å². The molecular weight excluding hydrogens is 355 g/mol. The zero-order valence-electron chi connectivity index (χ0n) is 13.6. The summed E-state index contributed by atoms with van der Waals surface area (Å²) in [7, 11) is -3.93. The molecule has 0 spiro atoms. The normalized spacial score (nSPS) is 43.7. The number of hydrogen-bond donors (Lipinski definition) is 3. The van der Waals surface area contributed by atoms with Crippen LogP contribution < -0.4 is 5.32 Å². The van der Waals surface area contributed by atoms with E-state index in [9.17, 15) is 19.6 Å². The second-order valence-corrected chi connectivity index (χ2v) is 7.64. The van der Waals surface area contributed by atoms with E-state index in [0.29, 0.717) is 0 Å². The molecule has 138 valence electrons. The Bertz CT molecular complexity index is 676. The molecule has 10 nitrogen and oxygen atoms in total. The van der Waals surface area contributed by atoms with Crippen molar-refractivity contribution in [2.75, 3.05) is 6.61 Å². The quantitative estimate of drug-likeness (QED) is 0.432. The third-order valence-corrected chi connectivity index (χ3v) is 5.52. The Balaban J connectivity index is 1.88. The summed E-state index contributed by atoms with van der Waals surface area (Å²) in [6.45, 7) is 3.11. The molecule has 3 N–H and O–H groups in total. The number of hydrogen-bond acceptors (Lipinski definition) is 9. The molecule has 0 radical (unpaired) electrons. The molecule has 3 aliphatic heterocycles. The van der Waals surface area contributed by atoms with Crippen LogP contribution in [-0.2, 0) is 27.7 Å². The van der Waals surface area contributed by atoms with Crippen LogP contribution in [-0.4, -0.2) is 64.1 Å². The number of ether oxygens (including phenoxy) is 1. The monoisotopic (exact) mass is 374 g/mol. The highest BCUT2D eigenvalue weighted by Gasteiger charge is 2.63. The number of terminal acetylenes is 1. The van der Waals surface area contributed by atoms with Crippen molar-refractivity contribution in [2.24, 2.45) is 0 Å². The first-order valence-corrected chi connectivity index (χ1v) is 9.06. The van der Waals surface area contributed by atoms with Gasteiger partial charge in [-0.1, -0.05) is 5.92 Å². The lowest BCUT2D eigenvalue weighted by molar-refractivity contribution is -0.162. The van der Waals surface area contributed by atoms with Crippen molar-refractivity contribution in [3.05, 3.63) is 12.3 Å². The van der Waals surface area contributed by atoms with Crippen molar-refractivity contribution in [1.29, 1.82) is 0 Å². The minimum absolute atomic E-state index is 0.185. The summed E-state index contributed by atoms with van der Waals surface area (Å²) >= 11 is 0. The fraction of sp³-hybridized carbons (Fsp3) is 0.643. The van der Waals surface area contributed by atoms with Gasteiger partial charge in [0.05, 0.1) is 12.7 Å². The fourth-order valence-corrected chi connectivity index (χ4v) is 4.42. The Morgan fingerprint density at radius 2 is 2.32 bits per heavy atom. The number of nitrogens with one attached hydrogen (secondary N) is 1. The molecular formula is C14H19N2O8P. The summed E-state index contributed by atoms with van der Waals surface area (Å²) in [4.78, 5) is 12.4. The van der Waals surface area contributed by atoms with Gasteiger partial charge >= 0.3 is 7.82 Å². The molecule has 0 aromatic carbocycles. The number of carbonyl (C=O) groups is 1. The Kier molecular flexibility index (Phi) is 4.68. The Labute approximate surface area is 144 Å². The average molecular weight is 374 g/mol. The molecule has 1 amide bonds. The largest absolute Gasteiger partial charge is 0.475 e. The molecule has 25 heavy (non-hydrogen) atoms. The molecule has 6 atom stereocenters. The summed E-state index contributed by atoms with van der Waals surface area (Å²) in [6.07, 6.45) is 2.62. The summed E-state index contributed by atoms with van der Waals surface area (Å²) in [5, 5.41) is 23.2. The van der Waals surface area contributed by atoms with Crippen molar-refractivity contribution in [3.63, 3.8) is 0 Å². The van der Waals surface area contributed by atoms with Crippen LogP contribution in [0, 0.1) is 12.3 Å². The second kappa shape index (κ2) is 6.37. The van der Waals surface area contributed by atoms with Gasteiger partial charge < -0.3 is 25.2 Å². The molecule has 3 aliphatic rings. The van der Waals surface area contributed by atoms with Crippen LogP contribution in [0.4, 0.5) is 0 Å². The first kappa shape index (κ1) is 18.4. The lowest BCUT2D eigenvalue weighted by Crippen LogP contribution is -2.60. The molecule has 11 heteroatoms. The number of aliphatic hydroxyl groups is 2. The van der Waals surface area contributed by atoms with E-state index in [4.69, 9.17) is 24.7 Å². The van der Waals surface area contributed by atoms with Crippen LogP contribution in [0.2, 0.25) is 0 Å². The van der Waals surface area contributed by atoms with Gasteiger partial charge in [0.2, 0.25) is 12.3 Å². The predicted molar refractivity (Wildman–Crippen MR) is 82.2 cm³/mol. The second-order valence-electron chi connectivity index (χ2n) is 6.06. The maximum atomic E-state index is 12.5. The SMILES string of the molecule is C#C[C@@]1(O)[C@@H]2O[P@@](=O)(OC(C)C)OC[C@H]2O[C@H]1N1C=CC(=O)NC1O. The molecule has 2 saturated heterocycles. The number of carbonyl (C=O) groups excluding carboxylic acids is 1. The van der Waals surface area contributed by atoms with Gasteiger partial charge in [-0.3, -0.25) is 18.4 Å². The van der Waals surface area contributed by atoms with Gasteiger partial charge in [0, 0.05) is 12.3 Å². The van der Waals surface area contributed by atoms with Crippen molar-refractivity contribution >= 4 is 13.7 Å². The van der Waals surface area contributed by atoms with Gasteiger partial charge in [-0.15, -0.1) is 6.42 Å². The Hall–Kier alpha value is -1.44. The predicted octanol–water partition coefficient (Wildman–Crippen LogP) is -0.754. The van der Waals surface area contributed by atoms with E-state index in [-0.39, 0.29) is 6.61 Å². The molecule has 0 aliphatic carbocycles. The third kappa shape index (κ3) is 3.20. The van der Waals surface area contributed by atoms with Gasteiger partial charge in [0.1, 0.15) is 12.2 Å². The van der Waals surface area contributed by atoms with E-state index in [1.54, 1.807) is 13.8 Å². The molecule has 3 heterocycles. The molecule has 2 fully saturated rings. The van der Waals surface area contributed by atoms with Crippen molar-refractivity contribution in [1.82, 2.24) is 10.2 Å².